The Bertz CT molecular complexity index is 520. The molecule has 0 fully saturated rings. The summed E-state index contributed by atoms with van der Waals surface area (Å²) in [5.74, 6) is -0.424. The number of rotatable bonds is 3. The molecule has 0 spiro atoms. The van der Waals surface area contributed by atoms with E-state index in [0.717, 1.165) is 17.7 Å². The van der Waals surface area contributed by atoms with Crippen LogP contribution in [0.3, 0.4) is 0 Å². The van der Waals surface area contributed by atoms with Crippen molar-refractivity contribution in [2.45, 2.75) is 20.4 Å². The predicted octanol–water partition coefficient (Wildman–Crippen LogP) is 3.05. The molecule has 0 saturated carbocycles. The van der Waals surface area contributed by atoms with Gasteiger partial charge in [-0.05, 0) is 23.6 Å². The van der Waals surface area contributed by atoms with Crippen LogP contribution in [0.15, 0.2) is 30.6 Å². The number of aromatic nitrogens is 2. The van der Waals surface area contributed by atoms with Crippen LogP contribution in [0.25, 0.3) is 11.1 Å². The molecule has 2 aromatic rings. The first-order valence-corrected chi connectivity index (χ1v) is 5.57. The van der Waals surface area contributed by atoms with Crippen LogP contribution in [-0.4, -0.2) is 14.9 Å². The minimum absolute atomic E-state index is 0.334. The molecule has 0 amide bonds. The molecule has 0 saturated heterocycles. The maximum Gasteiger partial charge on any atom is 0.164 e. The number of benzene rings is 1. The van der Waals surface area contributed by atoms with Crippen LogP contribution in [-0.2, 0) is 6.54 Å². The molecule has 2 rings (SSSR count). The van der Waals surface area contributed by atoms with Gasteiger partial charge in [0.15, 0.2) is 11.6 Å². The molecule has 0 bridgehead atoms. The van der Waals surface area contributed by atoms with Crippen molar-refractivity contribution in [3.63, 3.8) is 0 Å². The summed E-state index contributed by atoms with van der Waals surface area (Å²) in [5.41, 5.74) is 1.64. The van der Waals surface area contributed by atoms with Crippen molar-refractivity contribution in [2.24, 2.45) is 5.92 Å². The summed E-state index contributed by atoms with van der Waals surface area (Å²) in [7, 11) is 0. The Morgan fingerprint density at radius 2 is 2.12 bits per heavy atom. The first-order chi connectivity index (χ1) is 8.06. The van der Waals surface area contributed by atoms with Gasteiger partial charge in [0.1, 0.15) is 0 Å². The third-order valence-corrected chi connectivity index (χ3v) is 2.46. The monoisotopic (exact) mass is 234 g/mol. The van der Waals surface area contributed by atoms with Crippen molar-refractivity contribution in [3.8, 4) is 16.9 Å². The van der Waals surface area contributed by atoms with E-state index in [9.17, 15) is 9.50 Å². The van der Waals surface area contributed by atoms with Gasteiger partial charge in [-0.3, -0.25) is 4.68 Å². The Balaban J connectivity index is 2.27. The minimum atomic E-state index is -0.608. The Morgan fingerprint density at radius 1 is 1.35 bits per heavy atom. The maximum atomic E-state index is 12.9. The van der Waals surface area contributed by atoms with Crippen molar-refractivity contribution >= 4 is 0 Å². The second-order valence-electron chi connectivity index (χ2n) is 4.51. The molecule has 4 heteroatoms. The van der Waals surface area contributed by atoms with Crippen LogP contribution >= 0.6 is 0 Å². The maximum absolute atomic E-state index is 12.9. The molecule has 17 heavy (non-hydrogen) atoms. The lowest BCUT2D eigenvalue weighted by atomic mass is 10.1. The lowest BCUT2D eigenvalue weighted by molar-refractivity contribution is 0.433. The van der Waals surface area contributed by atoms with Gasteiger partial charge in [-0.2, -0.15) is 5.10 Å². The molecule has 3 nitrogen and oxygen atoms in total. The van der Waals surface area contributed by atoms with Crippen molar-refractivity contribution in [1.29, 1.82) is 0 Å². The number of hydrogen-bond acceptors (Lipinski definition) is 2. The van der Waals surface area contributed by atoms with Gasteiger partial charge >= 0.3 is 0 Å². The van der Waals surface area contributed by atoms with Crippen molar-refractivity contribution in [3.05, 3.63) is 36.4 Å². The third kappa shape index (κ3) is 2.64. The van der Waals surface area contributed by atoms with E-state index in [0.29, 0.717) is 5.92 Å². The number of aromatic hydroxyl groups is 1. The summed E-state index contributed by atoms with van der Waals surface area (Å²) < 4.78 is 14.8. The number of phenols is 1. The number of nitrogens with zero attached hydrogens (tertiary/aromatic N) is 2. The molecule has 0 atom stereocenters. The number of hydrogen-bond donors (Lipinski definition) is 1. The second-order valence-corrected chi connectivity index (χ2v) is 4.51. The molecule has 0 aliphatic rings. The zero-order valence-corrected chi connectivity index (χ0v) is 9.89. The fourth-order valence-corrected chi connectivity index (χ4v) is 1.68. The average molecular weight is 234 g/mol. The van der Waals surface area contributed by atoms with E-state index in [-0.39, 0.29) is 5.75 Å². The van der Waals surface area contributed by atoms with Gasteiger partial charge < -0.3 is 5.11 Å². The Morgan fingerprint density at radius 3 is 2.76 bits per heavy atom. The van der Waals surface area contributed by atoms with E-state index < -0.39 is 5.82 Å². The quantitative estimate of drug-likeness (QED) is 0.886. The highest BCUT2D eigenvalue weighted by Gasteiger charge is 2.06. The van der Waals surface area contributed by atoms with Gasteiger partial charge in [0.2, 0.25) is 0 Å². The van der Waals surface area contributed by atoms with Crippen LogP contribution in [0.1, 0.15) is 13.8 Å². The van der Waals surface area contributed by atoms with E-state index >= 15 is 0 Å². The minimum Gasteiger partial charge on any atom is -0.505 e. The molecule has 1 N–H and O–H groups in total. The van der Waals surface area contributed by atoms with Crippen LogP contribution in [0.4, 0.5) is 4.39 Å². The van der Waals surface area contributed by atoms with E-state index in [1.165, 1.54) is 12.1 Å². The smallest absolute Gasteiger partial charge is 0.164 e. The summed E-state index contributed by atoms with van der Waals surface area (Å²) in [6.45, 7) is 5.07. The Kier molecular flexibility index (Phi) is 3.13. The van der Waals surface area contributed by atoms with Crippen molar-refractivity contribution in [1.82, 2.24) is 9.78 Å². The molecule has 0 aliphatic carbocycles. The molecule has 0 aliphatic heterocycles. The van der Waals surface area contributed by atoms with Gasteiger partial charge in [-0.15, -0.1) is 0 Å². The number of halogens is 1. The topological polar surface area (TPSA) is 38.0 Å². The molecular formula is C13H15FN2O. The second kappa shape index (κ2) is 4.57. The van der Waals surface area contributed by atoms with Crippen molar-refractivity contribution < 1.29 is 9.50 Å². The van der Waals surface area contributed by atoms with E-state index in [1.54, 1.807) is 12.3 Å². The van der Waals surface area contributed by atoms with Crippen LogP contribution in [0.2, 0.25) is 0 Å². The molecule has 90 valence electrons. The summed E-state index contributed by atoms with van der Waals surface area (Å²) in [4.78, 5) is 0. The highest BCUT2D eigenvalue weighted by Crippen LogP contribution is 2.25. The van der Waals surface area contributed by atoms with E-state index in [2.05, 4.69) is 18.9 Å². The van der Waals surface area contributed by atoms with Gasteiger partial charge in [0.05, 0.1) is 6.20 Å². The fraction of sp³-hybridized carbons (Fsp3) is 0.308. The first-order valence-electron chi connectivity index (χ1n) is 5.57. The largest absolute Gasteiger partial charge is 0.505 e. The highest BCUT2D eigenvalue weighted by molar-refractivity contribution is 5.63. The summed E-state index contributed by atoms with van der Waals surface area (Å²) in [6, 6.07) is 4.29. The van der Waals surface area contributed by atoms with Crippen LogP contribution in [0, 0.1) is 11.7 Å². The van der Waals surface area contributed by atoms with Gasteiger partial charge in [0, 0.05) is 18.3 Å². The van der Waals surface area contributed by atoms with Gasteiger partial charge in [-0.1, -0.05) is 19.9 Å². The lowest BCUT2D eigenvalue weighted by Crippen LogP contribution is -2.03. The highest BCUT2D eigenvalue weighted by atomic mass is 19.1. The lowest BCUT2D eigenvalue weighted by Gasteiger charge is -2.03. The average Bonchev–Trinajstić information content (AvgIpc) is 2.69. The number of phenolic OH excluding ortho intramolecular Hbond substituents is 1. The third-order valence-electron chi connectivity index (χ3n) is 2.46. The molecular weight excluding hydrogens is 219 g/mol. The SMILES string of the molecule is CC(C)Cn1cc(-c2ccc(F)c(O)c2)cn1. The summed E-state index contributed by atoms with van der Waals surface area (Å²) in [5, 5.41) is 13.5. The first kappa shape index (κ1) is 11.6. The fourth-order valence-electron chi connectivity index (χ4n) is 1.68. The Hall–Kier alpha value is -1.84. The predicted molar refractivity (Wildman–Crippen MR) is 64.1 cm³/mol. The standard InChI is InChI=1S/C13H15FN2O/c1-9(2)7-16-8-11(6-15-16)10-3-4-12(14)13(17)5-10/h3-6,8-9,17H,7H2,1-2H3. The molecule has 1 aromatic carbocycles. The van der Waals surface area contributed by atoms with Gasteiger partial charge in [-0.25, -0.2) is 4.39 Å². The van der Waals surface area contributed by atoms with E-state index in [4.69, 9.17) is 0 Å². The van der Waals surface area contributed by atoms with Crippen LogP contribution < -0.4 is 0 Å². The van der Waals surface area contributed by atoms with E-state index in [1.807, 2.05) is 10.9 Å². The zero-order valence-electron chi connectivity index (χ0n) is 9.89. The zero-order chi connectivity index (χ0) is 12.4. The summed E-state index contributed by atoms with van der Waals surface area (Å²) >= 11 is 0. The molecule has 1 aromatic heterocycles. The van der Waals surface area contributed by atoms with Crippen molar-refractivity contribution in [2.75, 3.05) is 0 Å². The molecule has 0 radical (unpaired) electrons. The Labute approximate surface area is 99.5 Å². The molecule has 0 unspecified atom stereocenters. The summed E-state index contributed by atoms with van der Waals surface area (Å²) in [6.07, 6.45) is 3.61. The molecule has 1 heterocycles. The normalized spacial score (nSPS) is 11.1. The van der Waals surface area contributed by atoms with Crippen LogP contribution in [0.5, 0.6) is 5.75 Å². The van der Waals surface area contributed by atoms with Gasteiger partial charge in [0.25, 0.3) is 0 Å².